The summed E-state index contributed by atoms with van der Waals surface area (Å²) in [6, 6.07) is 16.8. The molecule has 8 heteroatoms. The third kappa shape index (κ3) is 3.82. The van der Waals surface area contributed by atoms with Crippen LogP contribution < -0.4 is 14.8 Å². The molecule has 6 nitrogen and oxygen atoms in total. The molecule has 0 saturated heterocycles. The molecule has 1 aliphatic rings. The van der Waals surface area contributed by atoms with Crippen molar-refractivity contribution in [2.24, 2.45) is 0 Å². The zero-order chi connectivity index (χ0) is 23.8. The van der Waals surface area contributed by atoms with Crippen LogP contribution in [0.15, 0.2) is 60.7 Å². The smallest absolute Gasteiger partial charge is 0.322 e. The van der Waals surface area contributed by atoms with Crippen molar-refractivity contribution in [3.8, 4) is 11.5 Å². The van der Waals surface area contributed by atoms with Gasteiger partial charge in [0.15, 0.2) is 0 Å². The number of ether oxygens (including phenoxy) is 2. The molecule has 2 N–H and O–H groups in total. The molecule has 1 aliphatic heterocycles. The molecule has 2 amide bonds. The number of carbonyl (C=O) groups is 1. The number of methoxy groups -OCH3 is 2. The highest BCUT2D eigenvalue weighted by atomic mass is 35.5. The number of nitrogens with zero attached hydrogens (tertiary/aromatic N) is 1. The van der Waals surface area contributed by atoms with E-state index in [9.17, 15) is 9.18 Å². The van der Waals surface area contributed by atoms with E-state index in [0.29, 0.717) is 35.2 Å². The maximum Gasteiger partial charge on any atom is 0.322 e. The lowest BCUT2D eigenvalue weighted by molar-refractivity contribution is 0.193. The normalized spacial score (nSPS) is 15.2. The van der Waals surface area contributed by atoms with Crippen molar-refractivity contribution >= 4 is 34.2 Å². The lowest BCUT2D eigenvalue weighted by Crippen LogP contribution is -2.43. The number of hydrogen-bond acceptors (Lipinski definition) is 3. The molecule has 174 valence electrons. The number of halogens is 2. The predicted molar refractivity (Wildman–Crippen MR) is 131 cm³/mol. The van der Waals surface area contributed by atoms with Gasteiger partial charge in [-0.2, -0.15) is 0 Å². The largest absolute Gasteiger partial charge is 0.495 e. The van der Waals surface area contributed by atoms with Gasteiger partial charge in [-0.05, 0) is 41.8 Å². The molecule has 2 heterocycles. The summed E-state index contributed by atoms with van der Waals surface area (Å²) in [4.78, 5) is 18.8. The molecule has 5 rings (SSSR count). The maximum absolute atomic E-state index is 13.7. The third-order valence-electron chi connectivity index (χ3n) is 6.20. The zero-order valence-electron chi connectivity index (χ0n) is 18.7. The van der Waals surface area contributed by atoms with E-state index >= 15 is 0 Å². The lowest BCUT2D eigenvalue weighted by Gasteiger charge is -2.36. The van der Waals surface area contributed by atoms with Gasteiger partial charge in [-0.1, -0.05) is 41.9 Å². The van der Waals surface area contributed by atoms with Crippen molar-refractivity contribution in [2.75, 3.05) is 26.1 Å². The van der Waals surface area contributed by atoms with Gasteiger partial charge in [0, 0.05) is 29.2 Å². The fourth-order valence-corrected chi connectivity index (χ4v) is 4.84. The van der Waals surface area contributed by atoms with E-state index in [1.807, 2.05) is 18.2 Å². The van der Waals surface area contributed by atoms with E-state index in [-0.39, 0.29) is 11.8 Å². The summed E-state index contributed by atoms with van der Waals surface area (Å²) < 4.78 is 24.4. The first-order valence-corrected chi connectivity index (χ1v) is 11.2. The van der Waals surface area contributed by atoms with E-state index in [1.54, 1.807) is 29.2 Å². The second-order valence-corrected chi connectivity index (χ2v) is 8.48. The first-order valence-electron chi connectivity index (χ1n) is 10.8. The summed E-state index contributed by atoms with van der Waals surface area (Å²) in [7, 11) is 3.02. The molecular formula is C26H23ClFN3O3. The van der Waals surface area contributed by atoms with Gasteiger partial charge in [0.05, 0.1) is 31.0 Å². The van der Waals surface area contributed by atoms with Gasteiger partial charge in [0.2, 0.25) is 0 Å². The van der Waals surface area contributed by atoms with Crippen LogP contribution in [0.4, 0.5) is 14.9 Å². The average molecular weight is 480 g/mol. The first kappa shape index (κ1) is 22.1. The molecule has 0 bridgehead atoms. The van der Waals surface area contributed by atoms with Crippen LogP contribution in [0, 0.1) is 5.82 Å². The molecule has 0 aliphatic carbocycles. The Hall–Kier alpha value is -3.71. The first-order chi connectivity index (χ1) is 16.5. The van der Waals surface area contributed by atoms with E-state index in [0.717, 1.165) is 22.2 Å². The highest BCUT2D eigenvalue weighted by Crippen LogP contribution is 2.40. The number of H-pyrrole nitrogens is 1. The number of aromatic nitrogens is 1. The second kappa shape index (κ2) is 8.91. The lowest BCUT2D eigenvalue weighted by atomic mass is 9.92. The monoisotopic (exact) mass is 479 g/mol. The molecule has 0 unspecified atom stereocenters. The summed E-state index contributed by atoms with van der Waals surface area (Å²) in [5, 5.41) is 4.42. The summed E-state index contributed by atoms with van der Waals surface area (Å²) in [5.41, 5.74) is 4.33. The van der Waals surface area contributed by atoms with Crippen LogP contribution >= 0.6 is 11.6 Å². The Morgan fingerprint density at radius 3 is 2.56 bits per heavy atom. The molecule has 34 heavy (non-hydrogen) atoms. The van der Waals surface area contributed by atoms with Gasteiger partial charge in [-0.3, -0.25) is 0 Å². The second-order valence-electron chi connectivity index (χ2n) is 8.08. The van der Waals surface area contributed by atoms with E-state index < -0.39 is 6.04 Å². The molecule has 0 spiro atoms. The Bertz CT molecular complexity index is 1370. The molecular weight excluding hydrogens is 457 g/mol. The van der Waals surface area contributed by atoms with Crippen LogP contribution in [-0.4, -0.2) is 36.7 Å². The summed E-state index contributed by atoms with van der Waals surface area (Å²) >= 11 is 6.29. The number of hydrogen-bond donors (Lipinski definition) is 2. The Labute approximate surface area is 201 Å². The van der Waals surface area contributed by atoms with Gasteiger partial charge >= 0.3 is 6.03 Å². The van der Waals surface area contributed by atoms with Crippen molar-refractivity contribution in [1.29, 1.82) is 0 Å². The summed E-state index contributed by atoms with van der Waals surface area (Å²) in [5.74, 6) is 0.544. The number of benzene rings is 3. The molecule has 0 fully saturated rings. The fourth-order valence-electron chi connectivity index (χ4n) is 4.60. The number of anilines is 1. The van der Waals surface area contributed by atoms with Gasteiger partial charge in [0.25, 0.3) is 0 Å². The number of carbonyl (C=O) groups excluding carboxylic acids is 1. The maximum atomic E-state index is 13.7. The predicted octanol–water partition coefficient (Wildman–Crippen LogP) is 6.16. The number of urea groups is 1. The minimum Gasteiger partial charge on any atom is -0.495 e. The third-order valence-corrected chi connectivity index (χ3v) is 6.49. The van der Waals surface area contributed by atoms with Gasteiger partial charge in [-0.15, -0.1) is 0 Å². The van der Waals surface area contributed by atoms with Crippen molar-refractivity contribution in [3.63, 3.8) is 0 Å². The molecule has 3 aromatic carbocycles. The van der Waals surface area contributed by atoms with Crippen LogP contribution in [0.5, 0.6) is 11.5 Å². The zero-order valence-corrected chi connectivity index (χ0v) is 19.4. The van der Waals surface area contributed by atoms with Crippen molar-refractivity contribution < 1.29 is 18.7 Å². The van der Waals surface area contributed by atoms with Gasteiger partial charge < -0.3 is 24.7 Å². The number of rotatable bonds is 4. The number of amides is 2. The molecule has 4 aromatic rings. The topological polar surface area (TPSA) is 66.6 Å². The number of aromatic amines is 1. The highest BCUT2D eigenvalue weighted by molar-refractivity contribution is 6.32. The van der Waals surface area contributed by atoms with Gasteiger partial charge in [0.1, 0.15) is 17.3 Å². The van der Waals surface area contributed by atoms with Crippen molar-refractivity contribution in [1.82, 2.24) is 9.88 Å². The van der Waals surface area contributed by atoms with Crippen LogP contribution in [0.3, 0.4) is 0 Å². The molecule has 0 radical (unpaired) electrons. The number of nitrogens with one attached hydrogen (secondary N) is 2. The summed E-state index contributed by atoms with van der Waals surface area (Å²) in [6.45, 7) is 0.481. The molecule has 0 saturated carbocycles. The van der Waals surface area contributed by atoms with Crippen LogP contribution in [0.1, 0.15) is 22.9 Å². The van der Waals surface area contributed by atoms with Crippen LogP contribution in [0.25, 0.3) is 10.9 Å². The van der Waals surface area contributed by atoms with Gasteiger partial charge in [-0.25, -0.2) is 9.18 Å². The number of fused-ring (bicyclic) bond motifs is 3. The molecule has 1 atom stereocenters. The van der Waals surface area contributed by atoms with E-state index in [2.05, 4.69) is 16.4 Å². The average Bonchev–Trinajstić information content (AvgIpc) is 3.23. The minimum atomic E-state index is -0.420. The Morgan fingerprint density at radius 2 is 1.82 bits per heavy atom. The standard InChI is InChI=1S/C26H23ClFN3O3/c1-33-22-14-23(34-2)21(13-19(22)27)30-26(32)31-12-11-18-17-5-3-4-6-20(17)29-24(18)25(31)15-7-9-16(28)10-8-15/h3-10,13-14,25,29H,11-12H2,1-2H3,(H,30,32)/t25-/m1/s1. The Balaban J connectivity index is 1.56. The number of para-hydroxylation sites is 1. The minimum absolute atomic E-state index is 0.321. The van der Waals surface area contributed by atoms with Crippen molar-refractivity contribution in [2.45, 2.75) is 12.5 Å². The van der Waals surface area contributed by atoms with Crippen molar-refractivity contribution in [3.05, 3.63) is 88.3 Å². The summed E-state index contributed by atoms with van der Waals surface area (Å²) in [6.07, 6.45) is 0.685. The van der Waals surface area contributed by atoms with Crippen LogP contribution in [0.2, 0.25) is 5.02 Å². The van der Waals surface area contributed by atoms with E-state index in [1.165, 1.54) is 31.9 Å². The van der Waals surface area contributed by atoms with E-state index in [4.69, 9.17) is 21.1 Å². The quantitative estimate of drug-likeness (QED) is 0.368. The Kier molecular flexibility index (Phi) is 5.79. The van der Waals surface area contributed by atoms with Crippen LogP contribution in [-0.2, 0) is 6.42 Å². The molecule has 1 aromatic heterocycles. The Morgan fingerprint density at radius 1 is 1.09 bits per heavy atom. The highest BCUT2D eigenvalue weighted by Gasteiger charge is 2.35. The fraction of sp³-hybridized carbons (Fsp3) is 0.192. The SMILES string of the molecule is COc1cc(OC)c(NC(=O)N2CCc3c([nH]c4ccccc34)[C@H]2c2ccc(F)cc2)cc1Cl.